The number of esters is 1. The fourth-order valence-electron chi connectivity index (χ4n) is 4.48. The van der Waals surface area contributed by atoms with Crippen LogP contribution < -0.4 is 5.32 Å². The molecule has 0 radical (unpaired) electrons. The van der Waals surface area contributed by atoms with Crippen molar-refractivity contribution in [3.05, 3.63) is 52.3 Å². The number of carbonyl (C=O) groups is 3. The van der Waals surface area contributed by atoms with Crippen molar-refractivity contribution in [2.75, 3.05) is 7.11 Å². The average molecular weight is 459 g/mol. The maximum atomic E-state index is 13.6. The van der Waals surface area contributed by atoms with E-state index in [1.54, 1.807) is 13.0 Å². The van der Waals surface area contributed by atoms with Crippen molar-refractivity contribution < 1.29 is 19.1 Å². The molecular formula is C23H27ClN4O4. The Morgan fingerprint density at radius 1 is 1.25 bits per heavy atom. The second kappa shape index (κ2) is 8.94. The van der Waals surface area contributed by atoms with Gasteiger partial charge in [0.15, 0.2) is 5.69 Å². The zero-order valence-corrected chi connectivity index (χ0v) is 19.0. The van der Waals surface area contributed by atoms with Crippen LogP contribution in [0.4, 0.5) is 0 Å². The second-order valence-electron chi connectivity index (χ2n) is 8.63. The van der Waals surface area contributed by atoms with Crippen molar-refractivity contribution in [3.63, 3.8) is 0 Å². The number of carbonyl (C=O) groups excluding carboxylic acids is 3. The first-order chi connectivity index (χ1) is 15.3. The third kappa shape index (κ3) is 4.11. The summed E-state index contributed by atoms with van der Waals surface area (Å²) in [6.45, 7) is 2.02. The quantitative estimate of drug-likeness (QED) is 0.694. The topological polar surface area (TPSA) is 93.5 Å². The van der Waals surface area contributed by atoms with Crippen molar-refractivity contribution in [2.45, 2.75) is 63.7 Å². The lowest BCUT2D eigenvalue weighted by molar-refractivity contribution is -0.134. The Kier molecular flexibility index (Phi) is 6.24. The molecule has 32 heavy (non-hydrogen) atoms. The fourth-order valence-corrected chi connectivity index (χ4v) is 4.67. The van der Waals surface area contributed by atoms with E-state index < -0.39 is 11.5 Å². The predicted molar refractivity (Wildman–Crippen MR) is 118 cm³/mol. The van der Waals surface area contributed by atoms with E-state index in [1.807, 2.05) is 18.2 Å². The number of nitrogens with zero attached hydrogens (tertiary/aromatic N) is 3. The first kappa shape index (κ1) is 22.3. The van der Waals surface area contributed by atoms with Gasteiger partial charge in [0.25, 0.3) is 5.91 Å². The molecule has 2 heterocycles. The third-order valence-corrected chi connectivity index (χ3v) is 6.78. The van der Waals surface area contributed by atoms with Gasteiger partial charge in [-0.1, -0.05) is 49.1 Å². The van der Waals surface area contributed by atoms with Crippen molar-refractivity contribution in [1.29, 1.82) is 0 Å². The minimum Gasteiger partial charge on any atom is -0.464 e. The lowest BCUT2D eigenvalue weighted by atomic mass is 9.91. The standard InChI is InChI=1S/C23H27ClN4O4/c1-23(22(31)25-16-9-4-3-5-10-16)14-28-19(12-18(26-28)21(30)32-2)20(29)27(23)13-15-8-6-7-11-17(15)24/h6-8,11-12,16H,3-5,9-10,13-14H2,1-2H3,(H,25,31). The Morgan fingerprint density at radius 3 is 2.66 bits per heavy atom. The number of fused-ring (bicyclic) bond motifs is 1. The van der Waals surface area contributed by atoms with Gasteiger partial charge >= 0.3 is 5.97 Å². The summed E-state index contributed by atoms with van der Waals surface area (Å²) in [5.74, 6) is -1.25. The van der Waals surface area contributed by atoms with Gasteiger partial charge < -0.3 is 15.0 Å². The molecule has 0 spiro atoms. The molecule has 1 saturated carbocycles. The van der Waals surface area contributed by atoms with Crippen molar-refractivity contribution in [3.8, 4) is 0 Å². The molecule has 1 aromatic heterocycles. The molecule has 4 rings (SSSR count). The zero-order chi connectivity index (χ0) is 22.9. The summed E-state index contributed by atoms with van der Waals surface area (Å²) in [4.78, 5) is 40.6. The lowest BCUT2D eigenvalue weighted by Gasteiger charge is -2.44. The summed E-state index contributed by atoms with van der Waals surface area (Å²) in [5.41, 5.74) is -0.202. The van der Waals surface area contributed by atoms with Crippen molar-refractivity contribution in [1.82, 2.24) is 20.0 Å². The Morgan fingerprint density at radius 2 is 1.97 bits per heavy atom. The van der Waals surface area contributed by atoms with Crippen LogP contribution >= 0.6 is 11.6 Å². The highest BCUT2D eigenvalue weighted by molar-refractivity contribution is 6.31. The first-order valence-electron chi connectivity index (χ1n) is 10.9. The van der Waals surface area contributed by atoms with Crippen LogP contribution in [0.15, 0.2) is 30.3 Å². The molecule has 1 unspecified atom stereocenters. The molecule has 1 atom stereocenters. The smallest absolute Gasteiger partial charge is 0.358 e. The summed E-state index contributed by atoms with van der Waals surface area (Å²) in [6.07, 6.45) is 5.19. The fraction of sp³-hybridized carbons (Fsp3) is 0.478. The van der Waals surface area contributed by atoms with Crippen molar-refractivity contribution in [2.24, 2.45) is 0 Å². The third-order valence-electron chi connectivity index (χ3n) is 6.41. The Labute approximate surface area is 191 Å². The Hall–Kier alpha value is -2.87. The van der Waals surface area contributed by atoms with E-state index in [4.69, 9.17) is 16.3 Å². The van der Waals surface area contributed by atoms with E-state index in [0.717, 1.165) is 31.2 Å². The molecular weight excluding hydrogens is 432 g/mol. The van der Waals surface area contributed by atoms with Gasteiger partial charge in [0.1, 0.15) is 11.2 Å². The molecule has 1 N–H and O–H groups in total. The number of amides is 2. The minimum absolute atomic E-state index is 0.0329. The predicted octanol–water partition coefficient (Wildman–Crippen LogP) is 3.19. The second-order valence-corrected chi connectivity index (χ2v) is 9.04. The molecule has 0 bridgehead atoms. The van der Waals surface area contributed by atoms with Gasteiger partial charge in [0.2, 0.25) is 5.91 Å². The number of hydrogen-bond donors (Lipinski definition) is 1. The van der Waals surface area contributed by atoms with Gasteiger partial charge in [-0.15, -0.1) is 0 Å². The molecule has 2 aromatic rings. The van der Waals surface area contributed by atoms with Gasteiger partial charge in [-0.3, -0.25) is 14.3 Å². The van der Waals surface area contributed by atoms with E-state index in [9.17, 15) is 14.4 Å². The molecule has 1 fully saturated rings. The highest BCUT2D eigenvalue weighted by Gasteiger charge is 2.48. The maximum Gasteiger partial charge on any atom is 0.358 e. The van der Waals surface area contributed by atoms with E-state index in [1.165, 1.54) is 29.2 Å². The highest BCUT2D eigenvalue weighted by atomic mass is 35.5. The van der Waals surface area contributed by atoms with Crippen LogP contribution in [0.2, 0.25) is 5.02 Å². The Balaban J connectivity index is 1.71. The number of hydrogen-bond acceptors (Lipinski definition) is 5. The summed E-state index contributed by atoms with van der Waals surface area (Å²) in [6, 6.07) is 8.75. The normalized spacial score (nSPS) is 21.2. The van der Waals surface area contributed by atoms with Crippen LogP contribution in [0.3, 0.4) is 0 Å². The first-order valence-corrected chi connectivity index (χ1v) is 11.2. The van der Waals surface area contributed by atoms with E-state index >= 15 is 0 Å². The van der Waals surface area contributed by atoms with Crippen LogP contribution in [0.25, 0.3) is 0 Å². The number of aromatic nitrogens is 2. The van der Waals surface area contributed by atoms with Crippen molar-refractivity contribution >= 4 is 29.4 Å². The molecule has 8 nitrogen and oxygen atoms in total. The number of nitrogens with one attached hydrogen (secondary N) is 1. The highest BCUT2D eigenvalue weighted by Crippen LogP contribution is 2.31. The molecule has 170 valence electrons. The molecule has 0 saturated heterocycles. The van der Waals surface area contributed by atoms with Crippen LogP contribution in [-0.2, 0) is 22.6 Å². The van der Waals surface area contributed by atoms with Crippen LogP contribution in [0.5, 0.6) is 0 Å². The maximum absolute atomic E-state index is 13.6. The van der Waals surface area contributed by atoms with Crippen LogP contribution in [-0.4, -0.2) is 51.2 Å². The van der Waals surface area contributed by atoms with Gasteiger partial charge in [-0.05, 0) is 31.4 Å². The van der Waals surface area contributed by atoms with Gasteiger partial charge in [-0.2, -0.15) is 5.10 Å². The van der Waals surface area contributed by atoms with E-state index in [2.05, 4.69) is 10.4 Å². The SMILES string of the molecule is COC(=O)c1cc2n(n1)CC(C)(C(=O)NC1CCCCC1)N(Cc1ccccc1Cl)C2=O. The number of benzene rings is 1. The number of ether oxygens (including phenoxy) is 1. The van der Waals surface area contributed by atoms with E-state index in [0.29, 0.717) is 5.02 Å². The molecule has 2 amide bonds. The number of methoxy groups -OCH3 is 1. The molecule has 1 aliphatic heterocycles. The van der Waals surface area contributed by atoms with Gasteiger partial charge in [0, 0.05) is 23.7 Å². The Bertz CT molecular complexity index is 1050. The monoisotopic (exact) mass is 458 g/mol. The number of halogens is 1. The average Bonchev–Trinajstić information content (AvgIpc) is 3.22. The van der Waals surface area contributed by atoms with Crippen LogP contribution in [0, 0.1) is 0 Å². The molecule has 1 aromatic carbocycles. The summed E-state index contributed by atoms with van der Waals surface area (Å²) in [5, 5.41) is 7.92. The van der Waals surface area contributed by atoms with Gasteiger partial charge in [-0.25, -0.2) is 4.79 Å². The summed E-state index contributed by atoms with van der Waals surface area (Å²) < 4.78 is 6.18. The summed E-state index contributed by atoms with van der Waals surface area (Å²) >= 11 is 6.37. The van der Waals surface area contributed by atoms with Crippen LogP contribution in [0.1, 0.15) is 65.6 Å². The largest absolute Gasteiger partial charge is 0.464 e. The minimum atomic E-state index is -1.21. The lowest BCUT2D eigenvalue weighted by Crippen LogP contribution is -2.64. The molecule has 1 aliphatic carbocycles. The zero-order valence-electron chi connectivity index (χ0n) is 18.3. The van der Waals surface area contributed by atoms with E-state index in [-0.39, 0.29) is 42.3 Å². The van der Waals surface area contributed by atoms with Gasteiger partial charge in [0.05, 0.1) is 13.7 Å². The molecule has 2 aliphatic rings. The summed E-state index contributed by atoms with van der Waals surface area (Å²) in [7, 11) is 1.26. The number of rotatable bonds is 5. The molecule has 9 heteroatoms.